The molecule has 0 aliphatic carbocycles. The van der Waals surface area contributed by atoms with E-state index in [9.17, 15) is 9.59 Å². The van der Waals surface area contributed by atoms with Crippen LogP contribution in [0.5, 0.6) is 0 Å². The third-order valence-electron chi connectivity index (χ3n) is 6.04. The second-order valence-electron chi connectivity index (χ2n) is 8.29. The number of aromatic nitrogens is 1. The van der Waals surface area contributed by atoms with Crippen molar-refractivity contribution in [3.63, 3.8) is 0 Å². The lowest BCUT2D eigenvalue weighted by Crippen LogP contribution is -2.27. The number of hydrogen-bond acceptors (Lipinski definition) is 3. The Kier molecular flexibility index (Phi) is 6.57. The summed E-state index contributed by atoms with van der Waals surface area (Å²) < 4.78 is 3.22. The summed E-state index contributed by atoms with van der Waals surface area (Å²) in [6.07, 6.45) is 1.81. The molecule has 0 radical (unpaired) electrons. The quantitative estimate of drug-likeness (QED) is 0.225. The van der Waals surface area contributed by atoms with E-state index in [0.717, 1.165) is 55.2 Å². The number of imide groups is 1. The molecular formula is C27H19BrCl2N2O2S. The normalized spacial score (nSPS) is 15.1. The van der Waals surface area contributed by atoms with Crippen molar-refractivity contribution in [2.45, 2.75) is 20.4 Å². The molecule has 4 aromatic rings. The molecule has 8 heteroatoms. The number of rotatable bonds is 4. The van der Waals surface area contributed by atoms with Gasteiger partial charge in [0, 0.05) is 21.2 Å². The second kappa shape index (κ2) is 9.51. The Hall–Kier alpha value is -2.51. The molecule has 0 N–H and O–H groups in total. The fourth-order valence-corrected chi connectivity index (χ4v) is 5.97. The van der Waals surface area contributed by atoms with Crippen LogP contribution in [0.4, 0.5) is 4.79 Å². The first-order valence-corrected chi connectivity index (χ1v) is 13.2. The topological polar surface area (TPSA) is 42.3 Å². The molecule has 176 valence electrons. The van der Waals surface area contributed by atoms with Gasteiger partial charge in [0.15, 0.2) is 0 Å². The molecule has 0 atom stereocenters. The zero-order valence-electron chi connectivity index (χ0n) is 18.8. The van der Waals surface area contributed by atoms with Crippen LogP contribution in [0.25, 0.3) is 22.5 Å². The number of benzene rings is 3. The number of nitrogens with zero attached hydrogens (tertiary/aromatic N) is 2. The lowest BCUT2D eigenvalue weighted by molar-refractivity contribution is -0.123. The molecule has 1 aliphatic heterocycles. The largest absolute Gasteiger partial charge is 0.317 e. The Morgan fingerprint density at radius 3 is 2.43 bits per heavy atom. The molecule has 0 bridgehead atoms. The van der Waals surface area contributed by atoms with Crippen molar-refractivity contribution in [3.05, 3.63) is 103 Å². The molecule has 1 aliphatic rings. The number of fused-ring (bicyclic) bond motifs is 1. The third kappa shape index (κ3) is 4.45. The van der Waals surface area contributed by atoms with Crippen molar-refractivity contribution in [3.8, 4) is 5.69 Å². The predicted molar refractivity (Wildman–Crippen MR) is 148 cm³/mol. The molecule has 0 spiro atoms. The number of carbonyl (C=O) groups is 2. The highest BCUT2D eigenvalue weighted by Crippen LogP contribution is 2.36. The van der Waals surface area contributed by atoms with Gasteiger partial charge < -0.3 is 4.57 Å². The van der Waals surface area contributed by atoms with Gasteiger partial charge in [-0.15, -0.1) is 0 Å². The van der Waals surface area contributed by atoms with Crippen LogP contribution >= 0.6 is 50.9 Å². The van der Waals surface area contributed by atoms with Crippen LogP contribution in [0.1, 0.15) is 22.5 Å². The zero-order chi connectivity index (χ0) is 24.9. The van der Waals surface area contributed by atoms with E-state index in [2.05, 4.69) is 38.7 Å². The van der Waals surface area contributed by atoms with Gasteiger partial charge in [-0.1, -0.05) is 69.5 Å². The second-order valence-corrected chi connectivity index (χ2v) is 11.0. The van der Waals surface area contributed by atoms with E-state index in [4.69, 9.17) is 23.2 Å². The third-order valence-corrected chi connectivity index (χ3v) is 8.38. The molecular weight excluding hydrogens is 567 g/mol. The summed E-state index contributed by atoms with van der Waals surface area (Å²) in [5.74, 6) is -0.315. The molecule has 2 heterocycles. The van der Waals surface area contributed by atoms with Crippen LogP contribution in [-0.2, 0) is 11.3 Å². The maximum Gasteiger partial charge on any atom is 0.293 e. The van der Waals surface area contributed by atoms with Crippen LogP contribution < -0.4 is 0 Å². The van der Waals surface area contributed by atoms with Crippen LogP contribution in [0.2, 0.25) is 10.0 Å². The van der Waals surface area contributed by atoms with Gasteiger partial charge in [-0.25, -0.2) is 0 Å². The first kappa shape index (κ1) is 24.2. The van der Waals surface area contributed by atoms with E-state index < -0.39 is 0 Å². The first-order valence-electron chi connectivity index (χ1n) is 10.8. The van der Waals surface area contributed by atoms with Gasteiger partial charge in [-0.05, 0) is 78.5 Å². The number of thioether (sulfide) groups is 1. The highest BCUT2D eigenvalue weighted by molar-refractivity contribution is 9.10. The van der Waals surface area contributed by atoms with Crippen LogP contribution in [0, 0.1) is 13.8 Å². The molecule has 2 amide bonds. The minimum absolute atomic E-state index is 0.142. The molecule has 1 saturated heterocycles. The lowest BCUT2D eigenvalue weighted by Gasteiger charge is -2.14. The molecule has 5 rings (SSSR count). The first-order chi connectivity index (χ1) is 16.7. The summed E-state index contributed by atoms with van der Waals surface area (Å²) in [7, 11) is 0. The maximum atomic E-state index is 13.1. The number of amides is 2. The molecule has 0 unspecified atom stereocenters. The van der Waals surface area contributed by atoms with Crippen LogP contribution in [-0.4, -0.2) is 20.6 Å². The maximum absolute atomic E-state index is 13.1. The molecule has 4 nitrogen and oxygen atoms in total. The fraction of sp³-hybridized carbons (Fsp3) is 0.111. The number of halogens is 3. The lowest BCUT2D eigenvalue weighted by atomic mass is 10.1. The number of hydrogen-bond donors (Lipinski definition) is 0. The van der Waals surface area contributed by atoms with Gasteiger partial charge in [0.1, 0.15) is 0 Å². The molecule has 35 heavy (non-hydrogen) atoms. The van der Waals surface area contributed by atoms with Gasteiger partial charge in [0.05, 0.1) is 27.2 Å². The van der Waals surface area contributed by atoms with E-state index in [1.807, 2.05) is 38.1 Å². The standard InChI is InChI=1S/C27H19BrCl2N2O2S/c1-15-11-18(16(2)32(15)24-10-8-21(28)19-5-3-4-6-20(19)24)13-25-26(33)31(27(34)35-25)14-17-7-9-22(29)23(30)12-17/h3-13H,14H2,1-2H3/b25-13-. The van der Waals surface area contributed by atoms with E-state index in [1.165, 1.54) is 4.90 Å². The minimum atomic E-state index is -0.315. The summed E-state index contributed by atoms with van der Waals surface area (Å²) in [4.78, 5) is 27.4. The summed E-state index contributed by atoms with van der Waals surface area (Å²) in [5.41, 5.74) is 4.73. The highest BCUT2D eigenvalue weighted by Gasteiger charge is 2.35. The van der Waals surface area contributed by atoms with Gasteiger partial charge in [-0.2, -0.15) is 0 Å². The van der Waals surface area contributed by atoms with Gasteiger partial charge in [0.2, 0.25) is 0 Å². The zero-order valence-corrected chi connectivity index (χ0v) is 22.7. The highest BCUT2D eigenvalue weighted by atomic mass is 79.9. The van der Waals surface area contributed by atoms with Crippen molar-refractivity contribution < 1.29 is 9.59 Å². The number of aryl methyl sites for hydroxylation is 1. The molecule has 0 saturated carbocycles. The Labute approximate surface area is 225 Å². The average Bonchev–Trinajstić information content (AvgIpc) is 3.26. The summed E-state index contributed by atoms with van der Waals surface area (Å²) >= 11 is 16.7. The van der Waals surface area contributed by atoms with Crippen LogP contribution in [0.15, 0.2) is 70.0 Å². The summed E-state index contributed by atoms with van der Waals surface area (Å²) in [6, 6.07) is 19.5. The Balaban J connectivity index is 1.49. The number of carbonyl (C=O) groups excluding carboxylic acids is 2. The SMILES string of the molecule is Cc1cc(/C=C2\SC(=O)N(Cc3ccc(Cl)c(Cl)c3)C2=O)c(C)n1-c1ccc(Br)c2ccccc12. The molecule has 3 aromatic carbocycles. The van der Waals surface area contributed by atoms with Crippen molar-refractivity contribution in [2.24, 2.45) is 0 Å². The minimum Gasteiger partial charge on any atom is -0.317 e. The van der Waals surface area contributed by atoms with Crippen LogP contribution in [0.3, 0.4) is 0 Å². The van der Waals surface area contributed by atoms with Gasteiger partial charge in [0.25, 0.3) is 11.1 Å². The Morgan fingerprint density at radius 2 is 1.69 bits per heavy atom. The average molecular weight is 586 g/mol. The van der Waals surface area contributed by atoms with E-state index in [0.29, 0.717) is 15.0 Å². The smallest absolute Gasteiger partial charge is 0.293 e. The Morgan fingerprint density at radius 1 is 0.943 bits per heavy atom. The van der Waals surface area contributed by atoms with Gasteiger partial charge >= 0.3 is 0 Å². The van der Waals surface area contributed by atoms with Crippen molar-refractivity contribution >= 4 is 78.9 Å². The van der Waals surface area contributed by atoms with Gasteiger partial charge in [-0.3, -0.25) is 14.5 Å². The summed E-state index contributed by atoms with van der Waals surface area (Å²) in [6.45, 7) is 4.20. The van der Waals surface area contributed by atoms with E-state index >= 15 is 0 Å². The van der Waals surface area contributed by atoms with E-state index in [1.54, 1.807) is 24.3 Å². The van der Waals surface area contributed by atoms with Crippen molar-refractivity contribution in [1.82, 2.24) is 9.47 Å². The van der Waals surface area contributed by atoms with E-state index in [-0.39, 0.29) is 17.7 Å². The monoisotopic (exact) mass is 584 g/mol. The van der Waals surface area contributed by atoms with Crippen molar-refractivity contribution in [1.29, 1.82) is 0 Å². The predicted octanol–water partition coefficient (Wildman–Crippen LogP) is 8.55. The summed E-state index contributed by atoms with van der Waals surface area (Å²) in [5, 5.41) is 2.76. The van der Waals surface area contributed by atoms with Crippen molar-refractivity contribution in [2.75, 3.05) is 0 Å². The molecule has 1 aromatic heterocycles. The Bertz CT molecular complexity index is 1560. The molecule has 1 fully saturated rings. The fourth-order valence-electron chi connectivity index (χ4n) is 4.34.